The number of rotatable bonds is 4. The van der Waals surface area contributed by atoms with Crippen molar-refractivity contribution in [3.63, 3.8) is 0 Å². The van der Waals surface area contributed by atoms with Gasteiger partial charge in [0.25, 0.3) is 0 Å². The van der Waals surface area contributed by atoms with E-state index in [0.717, 1.165) is 12.8 Å². The molecule has 2 N–H and O–H groups in total. The van der Waals surface area contributed by atoms with E-state index >= 15 is 0 Å². The van der Waals surface area contributed by atoms with Crippen molar-refractivity contribution in [1.29, 1.82) is 0 Å². The molecule has 1 aliphatic carbocycles. The lowest BCUT2D eigenvalue weighted by molar-refractivity contribution is 0.0127. The molecule has 0 amide bonds. The lowest BCUT2D eigenvalue weighted by atomic mass is 9.89. The van der Waals surface area contributed by atoms with E-state index < -0.39 is 0 Å². The van der Waals surface area contributed by atoms with Crippen LogP contribution in [0.1, 0.15) is 19.8 Å². The quantitative estimate of drug-likeness (QED) is 0.613. The summed E-state index contributed by atoms with van der Waals surface area (Å²) in [6.45, 7) is 2.20. The zero-order valence-corrected chi connectivity index (χ0v) is 7.21. The van der Waals surface area contributed by atoms with Gasteiger partial charge in [0, 0.05) is 19.2 Å². The van der Waals surface area contributed by atoms with Gasteiger partial charge in [-0.3, -0.25) is 0 Å². The van der Waals surface area contributed by atoms with Crippen molar-refractivity contribution < 1.29 is 9.84 Å². The molecule has 1 rings (SSSR count). The summed E-state index contributed by atoms with van der Waals surface area (Å²) in [5, 5.41) is 12.0. The topological polar surface area (TPSA) is 41.5 Å². The van der Waals surface area contributed by atoms with Gasteiger partial charge in [0.2, 0.25) is 0 Å². The average molecular weight is 159 g/mol. The molecule has 0 saturated heterocycles. The average Bonchev–Trinajstić information content (AvgIpc) is 1.95. The van der Waals surface area contributed by atoms with Crippen molar-refractivity contribution in [2.75, 3.05) is 13.7 Å². The van der Waals surface area contributed by atoms with Crippen molar-refractivity contribution in [3.05, 3.63) is 0 Å². The number of aliphatic hydroxyl groups excluding tert-OH is 1. The Morgan fingerprint density at radius 2 is 2.27 bits per heavy atom. The Bertz CT molecular complexity index is 113. The van der Waals surface area contributed by atoms with Crippen LogP contribution in [0, 0.1) is 0 Å². The second kappa shape index (κ2) is 4.04. The maximum Gasteiger partial charge on any atom is 0.0601 e. The molecular formula is C8H17NO2. The maximum atomic E-state index is 8.73. The summed E-state index contributed by atoms with van der Waals surface area (Å²) in [6, 6.07) is 0.778. The molecule has 0 spiro atoms. The molecule has 0 radical (unpaired) electrons. The van der Waals surface area contributed by atoms with Crippen molar-refractivity contribution in [2.45, 2.75) is 38.0 Å². The van der Waals surface area contributed by atoms with Crippen LogP contribution in [0.2, 0.25) is 0 Å². The van der Waals surface area contributed by atoms with Crippen molar-refractivity contribution in [1.82, 2.24) is 5.32 Å². The highest BCUT2D eigenvalue weighted by atomic mass is 16.5. The highest BCUT2D eigenvalue weighted by Gasteiger charge is 2.29. The Morgan fingerprint density at radius 3 is 2.73 bits per heavy atom. The lowest BCUT2D eigenvalue weighted by Gasteiger charge is -2.36. The maximum absolute atomic E-state index is 8.73. The smallest absolute Gasteiger partial charge is 0.0601 e. The number of hydrogen-bond donors (Lipinski definition) is 2. The largest absolute Gasteiger partial charge is 0.395 e. The molecule has 66 valence electrons. The zero-order valence-electron chi connectivity index (χ0n) is 7.21. The van der Waals surface area contributed by atoms with Crippen LogP contribution >= 0.6 is 0 Å². The molecule has 1 fully saturated rings. The Morgan fingerprint density at radius 1 is 1.64 bits per heavy atom. The van der Waals surface area contributed by atoms with E-state index in [9.17, 15) is 0 Å². The summed E-state index contributed by atoms with van der Waals surface area (Å²) in [5.74, 6) is 0. The molecule has 1 aliphatic rings. The normalized spacial score (nSPS) is 33.0. The Labute approximate surface area is 67.7 Å². The predicted molar refractivity (Wildman–Crippen MR) is 43.5 cm³/mol. The van der Waals surface area contributed by atoms with Gasteiger partial charge in [0.15, 0.2) is 0 Å². The van der Waals surface area contributed by atoms with Crippen LogP contribution in [0.5, 0.6) is 0 Å². The minimum Gasteiger partial charge on any atom is -0.395 e. The number of hydrogen-bond acceptors (Lipinski definition) is 3. The van der Waals surface area contributed by atoms with Crippen LogP contribution in [0.3, 0.4) is 0 Å². The molecule has 1 unspecified atom stereocenters. The molecule has 0 aromatic rings. The monoisotopic (exact) mass is 159 g/mol. The van der Waals surface area contributed by atoms with Gasteiger partial charge in [-0.1, -0.05) is 0 Å². The molecule has 11 heavy (non-hydrogen) atoms. The van der Waals surface area contributed by atoms with Gasteiger partial charge in [0.05, 0.1) is 12.7 Å². The number of ether oxygens (including phenoxy) is 1. The third-order valence-corrected chi connectivity index (χ3v) is 2.22. The highest BCUT2D eigenvalue weighted by molar-refractivity contribution is 4.87. The molecule has 0 aromatic carbocycles. The van der Waals surface area contributed by atoms with Gasteiger partial charge in [0.1, 0.15) is 0 Å². The second-order valence-electron chi connectivity index (χ2n) is 3.28. The van der Waals surface area contributed by atoms with Crippen molar-refractivity contribution in [3.8, 4) is 0 Å². The molecule has 1 atom stereocenters. The first kappa shape index (κ1) is 8.97. The molecule has 3 nitrogen and oxygen atoms in total. The van der Waals surface area contributed by atoms with Crippen LogP contribution in [-0.4, -0.2) is 37.0 Å². The van der Waals surface area contributed by atoms with Crippen LogP contribution in [0.4, 0.5) is 0 Å². The third-order valence-electron chi connectivity index (χ3n) is 2.22. The van der Waals surface area contributed by atoms with E-state index in [-0.39, 0.29) is 12.6 Å². The van der Waals surface area contributed by atoms with Crippen LogP contribution in [-0.2, 0) is 4.74 Å². The van der Waals surface area contributed by atoms with E-state index in [1.54, 1.807) is 7.11 Å². The highest BCUT2D eigenvalue weighted by Crippen LogP contribution is 2.22. The fourth-order valence-electron chi connectivity index (χ4n) is 1.35. The summed E-state index contributed by atoms with van der Waals surface area (Å²) >= 11 is 0. The second-order valence-corrected chi connectivity index (χ2v) is 3.28. The summed E-state index contributed by atoms with van der Waals surface area (Å²) in [4.78, 5) is 0. The predicted octanol–water partition coefficient (Wildman–Crippen LogP) is 0.134. The summed E-state index contributed by atoms with van der Waals surface area (Å²) in [7, 11) is 1.75. The Kier molecular flexibility index (Phi) is 3.30. The van der Waals surface area contributed by atoms with Crippen LogP contribution in [0.25, 0.3) is 0 Å². The number of aliphatic hydroxyl groups is 1. The molecular weight excluding hydrogens is 142 g/mol. The third kappa shape index (κ3) is 2.43. The van der Waals surface area contributed by atoms with Gasteiger partial charge in [-0.2, -0.15) is 0 Å². The minimum atomic E-state index is 0.216. The fourth-order valence-corrected chi connectivity index (χ4v) is 1.35. The summed E-state index contributed by atoms with van der Waals surface area (Å²) in [5.41, 5.74) is 0. The lowest BCUT2D eigenvalue weighted by Crippen LogP contribution is -2.49. The van der Waals surface area contributed by atoms with Gasteiger partial charge < -0.3 is 15.2 Å². The first-order chi connectivity index (χ1) is 5.26. The molecule has 0 bridgehead atoms. The van der Waals surface area contributed by atoms with E-state index in [2.05, 4.69) is 5.32 Å². The fraction of sp³-hybridized carbons (Fsp3) is 1.00. The van der Waals surface area contributed by atoms with E-state index in [1.807, 2.05) is 6.92 Å². The van der Waals surface area contributed by atoms with E-state index in [4.69, 9.17) is 9.84 Å². The number of methoxy groups -OCH3 is 1. The van der Waals surface area contributed by atoms with E-state index in [1.165, 1.54) is 0 Å². The van der Waals surface area contributed by atoms with Crippen molar-refractivity contribution in [2.24, 2.45) is 0 Å². The summed E-state index contributed by atoms with van der Waals surface area (Å²) in [6.07, 6.45) is 2.61. The minimum absolute atomic E-state index is 0.216. The summed E-state index contributed by atoms with van der Waals surface area (Å²) < 4.78 is 5.13. The SMILES string of the molecule is COC1CC(NC(C)CO)C1. The van der Waals surface area contributed by atoms with Crippen LogP contribution < -0.4 is 5.32 Å². The van der Waals surface area contributed by atoms with Crippen molar-refractivity contribution >= 4 is 0 Å². The molecule has 0 heterocycles. The first-order valence-corrected chi connectivity index (χ1v) is 4.16. The molecule has 0 aromatic heterocycles. The Hall–Kier alpha value is -0.120. The van der Waals surface area contributed by atoms with Crippen LogP contribution in [0.15, 0.2) is 0 Å². The first-order valence-electron chi connectivity index (χ1n) is 4.16. The zero-order chi connectivity index (χ0) is 8.27. The van der Waals surface area contributed by atoms with E-state index in [0.29, 0.717) is 12.1 Å². The van der Waals surface area contributed by atoms with Gasteiger partial charge in [-0.25, -0.2) is 0 Å². The molecule has 3 heteroatoms. The van der Waals surface area contributed by atoms with Gasteiger partial charge in [-0.15, -0.1) is 0 Å². The molecule has 1 saturated carbocycles. The molecule has 0 aliphatic heterocycles. The van der Waals surface area contributed by atoms with Gasteiger partial charge in [-0.05, 0) is 19.8 Å². The Balaban J connectivity index is 2.04. The van der Waals surface area contributed by atoms with Gasteiger partial charge >= 0.3 is 0 Å². The standard InChI is InChI=1S/C8H17NO2/c1-6(5-10)9-7-3-8(4-7)11-2/h6-10H,3-5H2,1-2H3. The number of nitrogens with one attached hydrogen (secondary N) is 1.